The first-order chi connectivity index (χ1) is 24.8. The third kappa shape index (κ3) is 4.54. The van der Waals surface area contributed by atoms with Gasteiger partial charge in [0, 0.05) is 68.8 Å². The summed E-state index contributed by atoms with van der Waals surface area (Å²) in [5.74, 6) is 0. The largest absolute Gasteiger partial charge is 0.309 e. The van der Waals surface area contributed by atoms with Crippen molar-refractivity contribution < 1.29 is 0 Å². The molecule has 0 radical (unpaired) electrons. The van der Waals surface area contributed by atoms with Crippen LogP contribution in [0, 0.1) is 0 Å². The number of hydrogen-bond acceptors (Lipinski definition) is 2. The van der Waals surface area contributed by atoms with Gasteiger partial charge in [-0.3, -0.25) is 9.97 Å². The zero-order chi connectivity index (χ0) is 33.0. The van der Waals surface area contributed by atoms with Crippen LogP contribution in [0.25, 0.3) is 88.4 Å². The van der Waals surface area contributed by atoms with E-state index in [1.807, 2.05) is 36.9 Å². The van der Waals surface area contributed by atoms with Crippen molar-refractivity contribution in [3.05, 3.63) is 183 Å². The summed E-state index contributed by atoms with van der Waals surface area (Å²) < 4.78 is 4.76. The molecule has 0 saturated carbocycles. The number of para-hydroxylation sites is 3. The molecule has 0 aliphatic carbocycles. The quantitative estimate of drug-likeness (QED) is 0.188. The van der Waals surface area contributed by atoms with Crippen LogP contribution in [-0.4, -0.2) is 19.1 Å². The molecule has 0 aliphatic rings. The Hall–Kier alpha value is -6.78. The third-order valence-corrected chi connectivity index (χ3v) is 9.86. The van der Waals surface area contributed by atoms with Crippen LogP contribution in [0.4, 0.5) is 0 Å². The Morgan fingerprint density at radius 2 is 0.780 bits per heavy atom. The van der Waals surface area contributed by atoms with Crippen molar-refractivity contribution in [1.82, 2.24) is 19.1 Å². The predicted octanol–water partition coefficient (Wildman–Crippen LogP) is 11.7. The van der Waals surface area contributed by atoms with Gasteiger partial charge in [-0.05, 0) is 101 Å². The maximum Gasteiger partial charge on any atom is 0.0541 e. The molecule has 6 aromatic carbocycles. The first-order valence-electron chi connectivity index (χ1n) is 16.9. The average Bonchev–Trinajstić information content (AvgIpc) is 3.71. The Bertz CT molecular complexity index is 2790. The van der Waals surface area contributed by atoms with E-state index in [-0.39, 0.29) is 0 Å². The van der Waals surface area contributed by atoms with Crippen LogP contribution in [0.1, 0.15) is 0 Å². The van der Waals surface area contributed by atoms with E-state index in [1.54, 1.807) is 0 Å². The van der Waals surface area contributed by atoms with E-state index in [1.165, 1.54) is 54.9 Å². The van der Waals surface area contributed by atoms with E-state index in [0.717, 1.165) is 33.5 Å². The molecule has 0 spiro atoms. The van der Waals surface area contributed by atoms with Gasteiger partial charge in [0.05, 0.1) is 22.1 Å². The first kappa shape index (κ1) is 28.3. The maximum atomic E-state index is 4.43. The molecule has 10 rings (SSSR count). The summed E-state index contributed by atoms with van der Waals surface area (Å²) in [6, 6.07) is 56.8. The monoisotopic (exact) mass is 638 g/mol. The number of benzene rings is 6. The zero-order valence-electron chi connectivity index (χ0n) is 27.1. The van der Waals surface area contributed by atoms with E-state index in [9.17, 15) is 0 Å². The summed E-state index contributed by atoms with van der Waals surface area (Å²) in [6.45, 7) is 0. The number of fused-ring (bicyclic) bond motifs is 6. The molecule has 0 N–H and O–H groups in total. The van der Waals surface area contributed by atoms with Gasteiger partial charge in [-0.25, -0.2) is 0 Å². The lowest BCUT2D eigenvalue weighted by atomic mass is 9.99. The van der Waals surface area contributed by atoms with Crippen LogP contribution in [0.3, 0.4) is 0 Å². The molecule has 0 bridgehead atoms. The minimum absolute atomic E-state index is 1.08. The van der Waals surface area contributed by atoms with Crippen molar-refractivity contribution in [3.63, 3.8) is 0 Å². The molecular weight excluding hydrogens is 609 g/mol. The fourth-order valence-electron chi connectivity index (χ4n) is 7.58. The Morgan fingerprint density at radius 3 is 1.30 bits per heavy atom. The fraction of sp³-hybridized carbons (Fsp3) is 0. The molecule has 0 saturated heterocycles. The summed E-state index contributed by atoms with van der Waals surface area (Å²) >= 11 is 0. The van der Waals surface area contributed by atoms with Crippen molar-refractivity contribution in [3.8, 4) is 44.8 Å². The van der Waals surface area contributed by atoms with Crippen molar-refractivity contribution >= 4 is 43.6 Å². The molecule has 0 unspecified atom stereocenters. The summed E-state index contributed by atoms with van der Waals surface area (Å²) in [7, 11) is 0. The molecule has 50 heavy (non-hydrogen) atoms. The number of hydrogen-bond donors (Lipinski definition) is 0. The number of nitrogens with zero attached hydrogens (tertiary/aromatic N) is 4. The maximum absolute atomic E-state index is 4.43. The molecule has 234 valence electrons. The lowest BCUT2D eigenvalue weighted by Crippen LogP contribution is -1.96. The standard InChI is InChI=1S/C46H30N4/c1-2-12-37(13-3-1)49-43-16-6-4-14-39(43)41-27-31(18-20-45(41)49)32-19-21-46-42(28-32)40-15-5-7-17-44(40)50(46)38-25-35(33-10-8-22-47-29-33)24-36(26-38)34-11-9-23-48-30-34/h1-30H. The van der Waals surface area contributed by atoms with Gasteiger partial charge in [-0.2, -0.15) is 0 Å². The van der Waals surface area contributed by atoms with E-state index < -0.39 is 0 Å². The number of rotatable bonds is 5. The molecule has 4 aromatic heterocycles. The highest BCUT2D eigenvalue weighted by molar-refractivity contribution is 6.12. The fourth-order valence-corrected chi connectivity index (χ4v) is 7.58. The van der Waals surface area contributed by atoms with Gasteiger partial charge >= 0.3 is 0 Å². The van der Waals surface area contributed by atoms with Gasteiger partial charge in [0.15, 0.2) is 0 Å². The van der Waals surface area contributed by atoms with Gasteiger partial charge in [0.1, 0.15) is 0 Å². The summed E-state index contributed by atoms with van der Waals surface area (Å²) in [5.41, 5.74) is 13.8. The molecule has 4 heterocycles. The zero-order valence-corrected chi connectivity index (χ0v) is 27.1. The predicted molar refractivity (Wildman–Crippen MR) is 207 cm³/mol. The number of pyridine rings is 2. The Morgan fingerprint density at radius 1 is 0.300 bits per heavy atom. The van der Waals surface area contributed by atoms with Gasteiger partial charge in [-0.1, -0.05) is 78.9 Å². The minimum atomic E-state index is 1.08. The highest BCUT2D eigenvalue weighted by Gasteiger charge is 2.17. The van der Waals surface area contributed by atoms with Crippen molar-refractivity contribution in [2.24, 2.45) is 0 Å². The van der Waals surface area contributed by atoms with Crippen LogP contribution in [0.15, 0.2) is 183 Å². The first-order valence-corrected chi connectivity index (χ1v) is 16.9. The van der Waals surface area contributed by atoms with E-state index >= 15 is 0 Å². The summed E-state index contributed by atoms with van der Waals surface area (Å²) in [6.07, 6.45) is 7.49. The van der Waals surface area contributed by atoms with E-state index in [4.69, 9.17) is 0 Å². The third-order valence-electron chi connectivity index (χ3n) is 9.86. The Labute approximate surface area is 289 Å². The number of aromatic nitrogens is 4. The molecule has 10 aromatic rings. The van der Waals surface area contributed by atoms with Gasteiger partial charge in [0.25, 0.3) is 0 Å². The summed E-state index contributed by atoms with van der Waals surface area (Å²) in [4.78, 5) is 8.85. The second-order valence-corrected chi connectivity index (χ2v) is 12.8. The van der Waals surface area contributed by atoms with Crippen LogP contribution >= 0.6 is 0 Å². The lowest BCUT2D eigenvalue weighted by Gasteiger charge is -2.14. The summed E-state index contributed by atoms with van der Waals surface area (Å²) in [5, 5.41) is 4.95. The normalized spacial score (nSPS) is 11.6. The van der Waals surface area contributed by atoms with Crippen LogP contribution in [0.2, 0.25) is 0 Å². The van der Waals surface area contributed by atoms with Gasteiger partial charge < -0.3 is 9.13 Å². The lowest BCUT2D eigenvalue weighted by molar-refractivity contribution is 1.18. The molecule has 0 atom stereocenters. The van der Waals surface area contributed by atoms with E-state index in [0.29, 0.717) is 0 Å². The SMILES string of the molecule is c1ccc(-n2c3ccccc3c3cc(-c4ccc5c(c4)c4ccccc4n5-c4cc(-c5cccnc5)cc(-c5cccnc5)c4)ccc32)cc1. The smallest absolute Gasteiger partial charge is 0.0541 e. The molecule has 4 nitrogen and oxygen atoms in total. The van der Waals surface area contributed by atoms with E-state index in [2.05, 4.69) is 165 Å². The van der Waals surface area contributed by atoms with Crippen LogP contribution in [0.5, 0.6) is 0 Å². The van der Waals surface area contributed by atoms with Crippen LogP contribution in [-0.2, 0) is 0 Å². The van der Waals surface area contributed by atoms with Gasteiger partial charge in [-0.15, -0.1) is 0 Å². The second-order valence-electron chi connectivity index (χ2n) is 12.8. The van der Waals surface area contributed by atoms with Gasteiger partial charge in [0.2, 0.25) is 0 Å². The molecule has 0 fully saturated rings. The molecule has 4 heteroatoms. The van der Waals surface area contributed by atoms with Crippen molar-refractivity contribution in [2.45, 2.75) is 0 Å². The molecule has 0 aliphatic heterocycles. The Kier molecular flexibility index (Phi) is 6.46. The van der Waals surface area contributed by atoms with Crippen LogP contribution < -0.4 is 0 Å². The molecular formula is C46H30N4. The topological polar surface area (TPSA) is 35.6 Å². The minimum Gasteiger partial charge on any atom is -0.309 e. The molecule has 0 amide bonds. The highest BCUT2D eigenvalue weighted by atomic mass is 15.0. The van der Waals surface area contributed by atoms with Crippen molar-refractivity contribution in [2.75, 3.05) is 0 Å². The second kappa shape index (κ2) is 11.4. The van der Waals surface area contributed by atoms with Crippen molar-refractivity contribution in [1.29, 1.82) is 0 Å². The Balaban J connectivity index is 1.17. The average molecular weight is 639 g/mol. The highest BCUT2D eigenvalue weighted by Crippen LogP contribution is 2.39.